The summed E-state index contributed by atoms with van der Waals surface area (Å²) in [6, 6.07) is 13.3. The highest BCUT2D eigenvalue weighted by Crippen LogP contribution is 2.31. The van der Waals surface area contributed by atoms with E-state index in [4.69, 9.17) is 0 Å². The largest absolute Gasteiger partial charge is 0.340 e. The number of benzene rings is 2. The van der Waals surface area contributed by atoms with Crippen molar-refractivity contribution in [2.75, 3.05) is 0 Å². The lowest BCUT2D eigenvalue weighted by Crippen LogP contribution is -1.98. The normalized spacial score (nSPS) is 11.2. The van der Waals surface area contributed by atoms with Crippen LogP contribution in [0.2, 0.25) is 0 Å². The standard InChI is InChI=1S/C24H29N/c1-4-7-8-9-10-11-16-25-23-17-19(5-2)12-14-21(23)22-15-13-20(6-3)18-24(22)25/h5-6,12-15,17-18H,2-4,7-11,16H2,1H3. The first-order chi connectivity index (χ1) is 12.3. The molecule has 0 aliphatic carbocycles. The highest BCUT2D eigenvalue weighted by atomic mass is 15.0. The fourth-order valence-electron chi connectivity index (χ4n) is 3.67. The molecule has 1 heterocycles. The van der Waals surface area contributed by atoms with Gasteiger partial charge in [0.2, 0.25) is 0 Å². The molecule has 0 aliphatic rings. The Morgan fingerprint density at radius 3 is 1.80 bits per heavy atom. The van der Waals surface area contributed by atoms with Gasteiger partial charge in [0.25, 0.3) is 0 Å². The first kappa shape index (κ1) is 17.5. The van der Waals surface area contributed by atoms with Crippen LogP contribution in [0.1, 0.15) is 56.6 Å². The number of hydrogen-bond donors (Lipinski definition) is 0. The zero-order chi connectivity index (χ0) is 17.6. The molecule has 2 aromatic carbocycles. The maximum absolute atomic E-state index is 3.93. The van der Waals surface area contributed by atoms with Crippen molar-refractivity contribution in [3.05, 3.63) is 60.7 Å². The lowest BCUT2D eigenvalue weighted by molar-refractivity contribution is 0.571. The van der Waals surface area contributed by atoms with Crippen molar-refractivity contribution in [2.24, 2.45) is 0 Å². The molecule has 3 aromatic rings. The van der Waals surface area contributed by atoms with Gasteiger partial charge < -0.3 is 4.57 Å². The number of aromatic nitrogens is 1. The molecule has 3 rings (SSSR count). The quantitative estimate of drug-likeness (QED) is 0.359. The monoisotopic (exact) mass is 331 g/mol. The Balaban J connectivity index is 1.96. The Bertz CT molecular complexity index is 817. The third kappa shape index (κ3) is 3.71. The van der Waals surface area contributed by atoms with Crippen LogP contribution in [0.15, 0.2) is 49.6 Å². The summed E-state index contributed by atoms with van der Waals surface area (Å²) < 4.78 is 2.49. The number of nitrogens with zero attached hydrogens (tertiary/aromatic N) is 1. The Hall–Kier alpha value is -2.28. The van der Waals surface area contributed by atoms with E-state index < -0.39 is 0 Å². The predicted octanol–water partition coefficient (Wildman–Crippen LogP) is 7.44. The summed E-state index contributed by atoms with van der Waals surface area (Å²) in [5.41, 5.74) is 5.01. The molecule has 0 saturated carbocycles. The van der Waals surface area contributed by atoms with Crippen molar-refractivity contribution in [2.45, 2.75) is 52.0 Å². The molecule has 130 valence electrons. The van der Waals surface area contributed by atoms with Crippen molar-refractivity contribution >= 4 is 34.0 Å². The van der Waals surface area contributed by atoms with E-state index in [0.29, 0.717) is 0 Å². The van der Waals surface area contributed by atoms with E-state index in [-0.39, 0.29) is 0 Å². The molecule has 0 fully saturated rings. The second kappa shape index (κ2) is 8.20. The molecule has 0 spiro atoms. The zero-order valence-electron chi connectivity index (χ0n) is 15.4. The number of aryl methyl sites for hydroxylation is 1. The van der Waals surface area contributed by atoms with E-state index in [0.717, 1.165) is 6.54 Å². The molecular weight excluding hydrogens is 302 g/mol. The minimum atomic E-state index is 1.08. The van der Waals surface area contributed by atoms with Crippen LogP contribution in [0, 0.1) is 0 Å². The summed E-state index contributed by atoms with van der Waals surface area (Å²) in [5, 5.41) is 2.67. The van der Waals surface area contributed by atoms with Gasteiger partial charge in [-0.25, -0.2) is 0 Å². The van der Waals surface area contributed by atoms with Gasteiger partial charge in [0.1, 0.15) is 0 Å². The highest BCUT2D eigenvalue weighted by Gasteiger charge is 2.11. The van der Waals surface area contributed by atoms with Gasteiger partial charge in [-0.1, -0.05) is 88.6 Å². The fraction of sp³-hybridized carbons (Fsp3) is 0.333. The van der Waals surface area contributed by atoms with E-state index in [9.17, 15) is 0 Å². The van der Waals surface area contributed by atoms with Gasteiger partial charge in [0.15, 0.2) is 0 Å². The van der Waals surface area contributed by atoms with Gasteiger partial charge >= 0.3 is 0 Å². The zero-order valence-corrected chi connectivity index (χ0v) is 15.4. The van der Waals surface area contributed by atoms with E-state index in [1.165, 1.54) is 71.5 Å². The van der Waals surface area contributed by atoms with E-state index in [1.807, 2.05) is 12.2 Å². The summed E-state index contributed by atoms with van der Waals surface area (Å²) >= 11 is 0. The van der Waals surface area contributed by atoms with Crippen LogP contribution in [-0.4, -0.2) is 4.57 Å². The molecule has 0 aliphatic heterocycles. The second-order valence-corrected chi connectivity index (χ2v) is 6.88. The van der Waals surface area contributed by atoms with Crippen LogP contribution in [0.25, 0.3) is 34.0 Å². The van der Waals surface area contributed by atoms with Crippen LogP contribution in [0.5, 0.6) is 0 Å². The minimum absolute atomic E-state index is 1.08. The van der Waals surface area contributed by atoms with Gasteiger partial charge in [-0.05, 0) is 29.7 Å². The number of unbranched alkanes of at least 4 members (excludes halogenated alkanes) is 5. The molecule has 0 atom stereocenters. The summed E-state index contributed by atoms with van der Waals surface area (Å²) in [4.78, 5) is 0. The molecule has 0 N–H and O–H groups in total. The molecule has 0 saturated heterocycles. The van der Waals surface area contributed by atoms with Gasteiger partial charge in [-0.2, -0.15) is 0 Å². The predicted molar refractivity (Wildman–Crippen MR) is 113 cm³/mol. The highest BCUT2D eigenvalue weighted by molar-refractivity contribution is 6.09. The average molecular weight is 332 g/mol. The SMILES string of the molecule is C=Cc1ccc2c3ccc(C=C)cc3n(CCCCCCCC)c2c1. The van der Waals surface area contributed by atoms with Crippen LogP contribution in [-0.2, 0) is 6.54 Å². The minimum Gasteiger partial charge on any atom is -0.340 e. The van der Waals surface area contributed by atoms with E-state index >= 15 is 0 Å². The maximum atomic E-state index is 3.93. The summed E-state index contributed by atoms with van der Waals surface area (Å²) in [6.45, 7) is 11.2. The van der Waals surface area contributed by atoms with Gasteiger partial charge in [0, 0.05) is 28.4 Å². The first-order valence-electron chi connectivity index (χ1n) is 9.59. The third-order valence-electron chi connectivity index (χ3n) is 5.12. The smallest absolute Gasteiger partial charge is 0.0497 e. The fourth-order valence-corrected chi connectivity index (χ4v) is 3.67. The average Bonchev–Trinajstić information content (AvgIpc) is 2.96. The lowest BCUT2D eigenvalue weighted by atomic mass is 10.1. The molecule has 0 radical (unpaired) electrons. The Labute approximate surface area is 151 Å². The van der Waals surface area contributed by atoms with Crippen molar-refractivity contribution in [3.63, 3.8) is 0 Å². The number of rotatable bonds is 9. The Kier molecular flexibility index (Phi) is 5.75. The lowest BCUT2D eigenvalue weighted by Gasteiger charge is -2.08. The van der Waals surface area contributed by atoms with E-state index in [1.54, 1.807) is 0 Å². The number of hydrogen-bond acceptors (Lipinski definition) is 0. The molecule has 0 unspecified atom stereocenters. The topological polar surface area (TPSA) is 4.93 Å². The van der Waals surface area contributed by atoms with Crippen molar-refractivity contribution in [1.82, 2.24) is 4.57 Å². The van der Waals surface area contributed by atoms with Gasteiger partial charge in [-0.15, -0.1) is 0 Å². The van der Waals surface area contributed by atoms with Crippen LogP contribution >= 0.6 is 0 Å². The molecular formula is C24H29N. The van der Waals surface area contributed by atoms with Crippen molar-refractivity contribution in [1.29, 1.82) is 0 Å². The van der Waals surface area contributed by atoms with Crippen LogP contribution in [0.3, 0.4) is 0 Å². The molecule has 0 bridgehead atoms. The molecule has 1 heteroatoms. The van der Waals surface area contributed by atoms with Gasteiger partial charge in [0.05, 0.1) is 0 Å². The summed E-state index contributed by atoms with van der Waals surface area (Å²) in [5.74, 6) is 0. The number of fused-ring (bicyclic) bond motifs is 3. The van der Waals surface area contributed by atoms with E-state index in [2.05, 4.69) is 61.0 Å². The van der Waals surface area contributed by atoms with Crippen molar-refractivity contribution < 1.29 is 0 Å². The second-order valence-electron chi connectivity index (χ2n) is 6.88. The van der Waals surface area contributed by atoms with Crippen LogP contribution < -0.4 is 0 Å². The molecule has 25 heavy (non-hydrogen) atoms. The maximum Gasteiger partial charge on any atom is 0.0497 e. The molecule has 1 aromatic heterocycles. The summed E-state index contributed by atoms with van der Waals surface area (Å²) in [7, 11) is 0. The first-order valence-corrected chi connectivity index (χ1v) is 9.59. The Morgan fingerprint density at radius 2 is 1.28 bits per heavy atom. The Morgan fingerprint density at radius 1 is 0.760 bits per heavy atom. The molecule has 1 nitrogen and oxygen atoms in total. The van der Waals surface area contributed by atoms with Gasteiger partial charge in [-0.3, -0.25) is 0 Å². The van der Waals surface area contributed by atoms with Crippen molar-refractivity contribution in [3.8, 4) is 0 Å². The molecule has 0 amide bonds. The third-order valence-corrected chi connectivity index (χ3v) is 5.12. The van der Waals surface area contributed by atoms with Crippen LogP contribution in [0.4, 0.5) is 0 Å². The summed E-state index contributed by atoms with van der Waals surface area (Å²) in [6.07, 6.45) is 11.8.